The van der Waals surface area contributed by atoms with Crippen molar-refractivity contribution in [3.8, 4) is 0 Å². The van der Waals surface area contributed by atoms with E-state index in [4.69, 9.17) is 0 Å². The Bertz CT molecular complexity index is 225. The third kappa shape index (κ3) is 4.98. The van der Waals surface area contributed by atoms with Gasteiger partial charge in [0, 0.05) is 0 Å². The first-order valence-electron chi connectivity index (χ1n) is 6.48. The highest BCUT2D eigenvalue weighted by Crippen LogP contribution is 2.40. The van der Waals surface area contributed by atoms with Gasteiger partial charge in [0.1, 0.15) is 0 Å². The summed E-state index contributed by atoms with van der Waals surface area (Å²) in [4.78, 5) is 0. The van der Waals surface area contributed by atoms with Gasteiger partial charge >= 0.3 is 0 Å². The molecule has 15 heavy (non-hydrogen) atoms. The zero-order valence-corrected chi connectivity index (χ0v) is 11.2. The topological polar surface area (TPSA) is 0 Å². The second-order valence-corrected chi connectivity index (χ2v) is 5.43. The Labute approximate surface area is 97.0 Å². The Balaban J connectivity index is 2.28. The third-order valence-electron chi connectivity index (χ3n) is 2.94. The zero-order chi connectivity index (χ0) is 10.9. The van der Waals surface area contributed by atoms with E-state index in [1.54, 1.807) is 10.9 Å². The fraction of sp³-hybridized carbons (Fsp3) is 0.714. The molecule has 1 aliphatic heterocycles. The van der Waals surface area contributed by atoms with Gasteiger partial charge in [0.2, 0.25) is 0 Å². The molecule has 0 saturated heterocycles. The van der Waals surface area contributed by atoms with Gasteiger partial charge in [-0.2, -0.15) is 0 Å². The lowest BCUT2D eigenvalue weighted by Gasteiger charge is -2.06. The highest BCUT2D eigenvalue weighted by molar-refractivity contribution is 7.47. The van der Waals surface area contributed by atoms with Gasteiger partial charge in [-0.1, -0.05) is 51.4 Å². The highest BCUT2D eigenvalue weighted by Gasteiger charge is 2.08. The summed E-state index contributed by atoms with van der Waals surface area (Å²) in [7, 11) is 1.48. The molecule has 0 fully saturated rings. The fourth-order valence-corrected chi connectivity index (χ4v) is 3.03. The molecule has 0 atom stereocenters. The van der Waals surface area contributed by atoms with Crippen molar-refractivity contribution in [1.29, 1.82) is 0 Å². The van der Waals surface area contributed by atoms with Crippen molar-refractivity contribution in [3.05, 3.63) is 22.8 Å². The first kappa shape index (κ1) is 13.0. The number of hydrogen-bond acceptors (Lipinski definition) is 0. The van der Waals surface area contributed by atoms with Crippen LogP contribution >= 0.6 is 8.58 Å². The van der Waals surface area contributed by atoms with E-state index < -0.39 is 0 Å². The molecule has 0 bridgehead atoms. The quantitative estimate of drug-likeness (QED) is 0.356. The molecule has 0 aromatic heterocycles. The number of rotatable bonds is 8. The lowest BCUT2D eigenvalue weighted by atomic mass is 10.0. The van der Waals surface area contributed by atoms with Crippen LogP contribution in [0.5, 0.6) is 0 Å². The van der Waals surface area contributed by atoms with Gasteiger partial charge in [-0.05, 0) is 45.2 Å². The fourth-order valence-electron chi connectivity index (χ4n) is 1.96. The van der Waals surface area contributed by atoms with Crippen LogP contribution in [-0.4, -0.2) is 0 Å². The molecule has 85 valence electrons. The Morgan fingerprint density at radius 2 is 1.60 bits per heavy atom. The van der Waals surface area contributed by atoms with Crippen LogP contribution in [0.2, 0.25) is 0 Å². The predicted molar refractivity (Wildman–Crippen MR) is 71.4 cm³/mol. The van der Waals surface area contributed by atoms with Crippen LogP contribution < -0.4 is 0 Å². The second-order valence-electron chi connectivity index (χ2n) is 4.33. The Morgan fingerprint density at radius 1 is 0.933 bits per heavy atom. The van der Waals surface area contributed by atoms with Crippen molar-refractivity contribution >= 4 is 8.58 Å². The van der Waals surface area contributed by atoms with E-state index in [1.807, 2.05) is 0 Å². The molecule has 0 aromatic rings. The molecule has 0 spiro atoms. The minimum absolute atomic E-state index is 1.32. The molecule has 1 aliphatic rings. The molecule has 0 amide bonds. The molecule has 0 aliphatic carbocycles. The van der Waals surface area contributed by atoms with Crippen molar-refractivity contribution in [1.82, 2.24) is 0 Å². The van der Waals surface area contributed by atoms with E-state index >= 15 is 0 Å². The largest absolute Gasteiger partial charge is 0.0654 e. The smallest absolute Gasteiger partial charge is 0.0222 e. The van der Waals surface area contributed by atoms with Gasteiger partial charge < -0.3 is 0 Å². The van der Waals surface area contributed by atoms with Crippen LogP contribution in [0.3, 0.4) is 0 Å². The van der Waals surface area contributed by atoms with E-state index in [2.05, 4.69) is 25.7 Å². The van der Waals surface area contributed by atoms with E-state index in [0.29, 0.717) is 0 Å². The summed E-state index contributed by atoms with van der Waals surface area (Å²) < 4.78 is 0. The maximum atomic E-state index is 2.36. The number of unbranched alkanes of at least 4 members (excludes halogenated alkanes) is 4. The number of allylic oxidation sites excluding steroid dienone is 3. The second kappa shape index (κ2) is 8.11. The van der Waals surface area contributed by atoms with E-state index in [1.165, 1.54) is 59.9 Å². The van der Waals surface area contributed by atoms with Crippen LogP contribution in [0.25, 0.3) is 0 Å². The van der Waals surface area contributed by atoms with Crippen molar-refractivity contribution in [3.63, 3.8) is 0 Å². The van der Waals surface area contributed by atoms with Crippen molar-refractivity contribution < 1.29 is 0 Å². The van der Waals surface area contributed by atoms with Crippen LogP contribution in [0.1, 0.15) is 65.2 Å². The molecule has 0 N–H and O–H groups in total. The van der Waals surface area contributed by atoms with E-state index in [0.717, 1.165) is 0 Å². The Morgan fingerprint density at radius 3 is 2.27 bits per heavy atom. The first-order valence-corrected chi connectivity index (χ1v) is 7.44. The summed E-state index contributed by atoms with van der Waals surface area (Å²) in [6, 6.07) is 0. The maximum Gasteiger partial charge on any atom is -0.0222 e. The minimum Gasteiger partial charge on any atom is -0.0654 e. The lowest BCUT2D eigenvalue weighted by Crippen LogP contribution is -1.84. The van der Waals surface area contributed by atoms with Gasteiger partial charge in [-0.15, -0.1) is 0 Å². The molecule has 1 radical (unpaired) electrons. The molecule has 0 aromatic carbocycles. The van der Waals surface area contributed by atoms with Gasteiger partial charge in [0.15, 0.2) is 0 Å². The molecular formula is C14H24P. The van der Waals surface area contributed by atoms with Crippen molar-refractivity contribution in [2.75, 3.05) is 0 Å². The highest BCUT2D eigenvalue weighted by atomic mass is 31.1. The summed E-state index contributed by atoms with van der Waals surface area (Å²) in [5, 5.41) is 1.71. The molecular weight excluding hydrogens is 199 g/mol. The van der Waals surface area contributed by atoms with Gasteiger partial charge in [-0.3, -0.25) is 0 Å². The van der Waals surface area contributed by atoms with Crippen LogP contribution in [0.15, 0.2) is 22.8 Å². The molecule has 1 rings (SSSR count). The molecule has 0 unspecified atom stereocenters. The molecule has 0 saturated carbocycles. The average Bonchev–Trinajstić information content (AvgIpc) is 2.67. The normalized spacial score (nSPS) is 16.9. The van der Waals surface area contributed by atoms with Gasteiger partial charge in [-0.25, -0.2) is 0 Å². The average molecular weight is 223 g/mol. The van der Waals surface area contributed by atoms with E-state index in [-0.39, 0.29) is 0 Å². The van der Waals surface area contributed by atoms with Crippen molar-refractivity contribution in [2.24, 2.45) is 0 Å². The minimum atomic E-state index is 1.32. The zero-order valence-electron chi connectivity index (χ0n) is 10.3. The van der Waals surface area contributed by atoms with E-state index in [9.17, 15) is 0 Å². The lowest BCUT2D eigenvalue weighted by molar-refractivity contribution is 0.704. The Hall–Kier alpha value is -0.0900. The molecule has 1 heteroatoms. The molecule has 1 heterocycles. The van der Waals surface area contributed by atoms with Gasteiger partial charge in [0.05, 0.1) is 0 Å². The predicted octanol–water partition coefficient (Wildman–Crippen LogP) is 5.87. The van der Waals surface area contributed by atoms with Crippen LogP contribution in [0, 0.1) is 0 Å². The summed E-state index contributed by atoms with van der Waals surface area (Å²) in [5.41, 5.74) is 1.65. The summed E-state index contributed by atoms with van der Waals surface area (Å²) >= 11 is 0. The molecule has 0 nitrogen and oxygen atoms in total. The summed E-state index contributed by atoms with van der Waals surface area (Å²) in [5.74, 6) is 2.32. The first-order chi connectivity index (χ1) is 7.38. The Kier molecular flexibility index (Phi) is 7.01. The monoisotopic (exact) mass is 223 g/mol. The van der Waals surface area contributed by atoms with Gasteiger partial charge in [0.25, 0.3) is 0 Å². The van der Waals surface area contributed by atoms with Crippen LogP contribution in [-0.2, 0) is 0 Å². The standard InChI is InChI=1S/C14H24P/c1-3-5-7-9-13-11-12-15-14(13)10-8-6-4-2/h11-12H,3-10H2,1-2H3. The van der Waals surface area contributed by atoms with Crippen molar-refractivity contribution in [2.45, 2.75) is 65.2 Å². The maximum absolute atomic E-state index is 2.36. The SMILES string of the molecule is CCCCCC1=C(CCCCC)[P]C=C1. The summed E-state index contributed by atoms with van der Waals surface area (Å²) in [6.07, 6.45) is 13.2. The van der Waals surface area contributed by atoms with Crippen LogP contribution in [0.4, 0.5) is 0 Å². The number of hydrogen-bond donors (Lipinski definition) is 0. The summed E-state index contributed by atoms with van der Waals surface area (Å²) in [6.45, 7) is 4.56. The third-order valence-corrected chi connectivity index (χ3v) is 4.06.